The molecule has 2 heterocycles. The number of benzene rings is 1. The number of hydrogen-bond acceptors (Lipinski definition) is 4. The van der Waals surface area contributed by atoms with Crippen LogP contribution in [0.1, 0.15) is 28.0 Å². The molecule has 1 aromatic carbocycles. The average molecular weight is 384 g/mol. The van der Waals surface area contributed by atoms with E-state index in [1.165, 1.54) is 35.4 Å². The maximum Gasteiger partial charge on any atom is 0.416 e. The monoisotopic (exact) mass is 384 g/mol. The fourth-order valence-corrected chi connectivity index (χ4v) is 3.90. The van der Waals surface area contributed by atoms with Gasteiger partial charge in [0.1, 0.15) is 5.69 Å². The van der Waals surface area contributed by atoms with Gasteiger partial charge >= 0.3 is 6.18 Å². The van der Waals surface area contributed by atoms with Gasteiger partial charge in [0.05, 0.1) is 10.5 Å². The molecule has 3 rings (SSSR count). The van der Waals surface area contributed by atoms with Gasteiger partial charge in [-0.2, -0.15) is 13.2 Å². The van der Waals surface area contributed by atoms with E-state index in [0.29, 0.717) is 6.42 Å². The Morgan fingerprint density at radius 2 is 1.92 bits per heavy atom. The molecule has 26 heavy (non-hydrogen) atoms. The summed E-state index contributed by atoms with van der Waals surface area (Å²) in [6, 6.07) is 6.30. The van der Waals surface area contributed by atoms with Crippen LogP contribution in [0.15, 0.2) is 41.4 Å². The van der Waals surface area contributed by atoms with Crippen LogP contribution in [0.25, 0.3) is 0 Å². The number of carbonyl (C=O) groups is 1. The van der Waals surface area contributed by atoms with E-state index in [0.717, 1.165) is 12.3 Å². The van der Waals surface area contributed by atoms with Crippen LogP contribution < -0.4 is 4.90 Å². The van der Waals surface area contributed by atoms with Gasteiger partial charge in [-0.15, -0.1) is 0 Å². The molecule has 2 aromatic rings. The van der Waals surface area contributed by atoms with E-state index in [4.69, 9.17) is 0 Å². The van der Waals surface area contributed by atoms with Crippen molar-refractivity contribution in [2.24, 2.45) is 0 Å². The molecule has 9 heteroatoms. The van der Waals surface area contributed by atoms with E-state index in [2.05, 4.69) is 4.98 Å². The maximum atomic E-state index is 13.3. The van der Waals surface area contributed by atoms with Gasteiger partial charge < -0.3 is 4.90 Å². The number of sulfone groups is 1. The number of carbonyl (C=O) groups excluding carboxylic acids is 1. The molecule has 0 radical (unpaired) electrons. The highest BCUT2D eigenvalue weighted by atomic mass is 32.2. The summed E-state index contributed by atoms with van der Waals surface area (Å²) in [5.41, 5.74) is -0.894. The highest BCUT2D eigenvalue weighted by molar-refractivity contribution is 7.90. The molecular formula is C17H15F3N2O3S. The van der Waals surface area contributed by atoms with Crippen LogP contribution in [0, 0.1) is 0 Å². The van der Waals surface area contributed by atoms with Crippen LogP contribution in [0.5, 0.6) is 0 Å². The predicted molar refractivity (Wildman–Crippen MR) is 88.8 cm³/mol. The summed E-state index contributed by atoms with van der Waals surface area (Å²) in [6.07, 6.45) is -1.77. The number of rotatable bonds is 2. The smallest absolute Gasteiger partial charge is 0.307 e. The molecule has 138 valence electrons. The number of halogens is 3. The third kappa shape index (κ3) is 3.31. The number of alkyl halides is 3. The Bertz CT molecular complexity index is 971. The average Bonchev–Trinajstić information content (AvgIpc) is 2.58. The van der Waals surface area contributed by atoms with Gasteiger partial charge in [0.15, 0.2) is 9.84 Å². The van der Waals surface area contributed by atoms with Gasteiger partial charge in [0.25, 0.3) is 5.91 Å². The van der Waals surface area contributed by atoms with E-state index in [1.807, 2.05) is 0 Å². The molecule has 1 aliphatic heterocycles. The van der Waals surface area contributed by atoms with Crippen molar-refractivity contribution < 1.29 is 26.4 Å². The minimum atomic E-state index is -4.53. The second-order valence-electron chi connectivity index (χ2n) is 5.98. The molecule has 1 amide bonds. The fourth-order valence-electron chi connectivity index (χ4n) is 3.08. The van der Waals surface area contributed by atoms with Crippen molar-refractivity contribution in [1.29, 1.82) is 0 Å². The Hall–Kier alpha value is -2.42. The molecule has 0 fully saturated rings. The molecule has 0 saturated heterocycles. The first-order valence-corrected chi connectivity index (χ1v) is 9.66. The summed E-state index contributed by atoms with van der Waals surface area (Å²) >= 11 is 0. The second kappa shape index (κ2) is 6.39. The van der Waals surface area contributed by atoms with Gasteiger partial charge in [-0.3, -0.25) is 4.79 Å². The van der Waals surface area contributed by atoms with Gasteiger partial charge in [-0.25, -0.2) is 13.4 Å². The summed E-state index contributed by atoms with van der Waals surface area (Å²) in [4.78, 5) is 17.7. The first-order valence-electron chi connectivity index (χ1n) is 7.76. The van der Waals surface area contributed by atoms with Crippen LogP contribution in [0.2, 0.25) is 0 Å². The van der Waals surface area contributed by atoms with Crippen LogP contribution in [0.3, 0.4) is 0 Å². The molecular weight excluding hydrogens is 369 g/mol. The van der Waals surface area contributed by atoms with Gasteiger partial charge in [-0.05, 0) is 42.7 Å². The Morgan fingerprint density at radius 3 is 2.58 bits per heavy atom. The zero-order valence-electron chi connectivity index (χ0n) is 13.7. The van der Waals surface area contributed by atoms with Crippen LogP contribution >= 0.6 is 0 Å². The molecule has 0 bridgehead atoms. The lowest BCUT2D eigenvalue weighted by Crippen LogP contribution is -2.37. The summed E-state index contributed by atoms with van der Waals surface area (Å²) in [6.45, 7) is 0.187. The standard InChI is InChI=1S/C17H15F3N2O3S/c1-26(24,25)14-8-3-9-21-15(14)16(23)22-10-4-5-11-12(17(18,19)20)6-2-7-13(11)22/h2-3,6-9H,4-5,10H2,1H3. The number of pyridine rings is 1. The summed E-state index contributed by atoms with van der Waals surface area (Å²) in [7, 11) is -3.72. The molecule has 0 atom stereocenters. The maximum absolute atomic E-state index is 13.3. The van der Waals surface area contributed by atoms with Crippen molar-refractivity contribution >= 4 is 21.4 Å². The van der Waals surface area contributed by atoms with Crippen molar-refractivity contribution in [3.63, 3.8) is 0 Å². The molecule has 0 N–H and O–H groups in total. The van der Waals surface area contributed by atoms with Crippen molar-refractivity contribution in [1.82, 2.24) is 4.98 Å². The number of hydrogen-bond donors (Lipinski definition) is 0. The molecule has 0 spiro atoms. The summed E-state index contributed by atoms with van der Waals surface area (Å²) in [5.74, 6) is -0.730. The predicted octanol–water partition coefficient (Wildman–Crippen LogP) is 3.10. The van der Waals surface area contributed by atoms with E-state index < -0.39 is 27.5 Å². The lowest BCUT2D eigenvalue weighted by molar-refractivity contribution is -0.138. The largest absolute Gasteiger partial charge is 0.416 e. The van der Waals surface area contributed by atoms with Crippen molar-refractivity contribution in [3.05, 3.63) is 53.3 Å². The summed E-state index contributed by atoms with van der Waals surface area (Å²) < 4.78 is 63.6. The Morgan fingerprint density at radius 1 is 1.19 bits per heavy atom. The van der Waals surface area contributed by atoms with Crippen molar-refractivity contribution in [2.45, 2.75) is 23.9 Å². The number of aromatic nitrogens is 1. The summed E-state index contributed by atoms with van der Waals surface area (Å²) in [5, 5.41) is 0. The number of nitrogens with zero attached hydrogens (tertiary/aromatic N) is 2. The van der Waals surface area contributed by atoms with Gasteiger partial charge in [0.2, 0.25) is 0 Å². The van der Waals surface area contributed by atoms with Crippen LogP contribution in [-0.4, -0.2) is 32.1 Å². The van der Waals surface area contributed by atoms with Crippen molar-refractivity contribution in [3.8, 4) is 0 Å². The lowest BCUT2D eigenvalue weighted by Gasteiger charge is -2.31. The molecule has 1 aromatic heterocycles. The zero-order chi connectivity index (χ0) is 19.1. The molecule has 5 nitrogen and oxygen atoms in total. The fraction of sp³-hybridized carbons (Fsp3) is 0.294. The van der Waals surface area contributed by atoms with Crippen LogP contribution in [0.4, 0.5) is 18.9 Å². The second-order valence-corrected chi connectivity index (χ2v) is 7.97. The first-order chi connectivity index (χ1) is 12.1. The van der Waals surface area contributed by atoms with Crippen molar-refractivity contribution in [2.75, 3.05) is 17.7 Å². The van der Waals surface area contributed by atoms with E-state index in [1.54, 1.807) is 0 Å². The number of amides is 1. The SMILES string of the molecule is CS(=O)(=O)c1cccnc1C(=O)N1CCCc2c1cccc2C(F)(F)F. The minimum absolute atomic E-state index is 0.0384. The molecule has 1 aliphatic rings. The van der Waals surface area contributed by atoms with E-state index >= 15 is 0 Å². The topological polar surface area (TPSA) is 67.3 Å². The lowest BCUT2D eigenvalue weighted by atomic mass is 9.95. The van der Waals surface area contributed by atoms with Gasteiger partial charge in [-0.1, -0.05) is 6.07 Å². The third-order valence-corrected chi connectivity index (χ3v) is 5.30. The highest BCUT2D eigenvalue weighted by Gasteiger charge is 2.37. The number of fused-ring (bicyclic) bond motifs is 1. The quantitative estimate of drug-likeness (QED) is 0.798. The molecule has 0 unspecified atom stereocenters. The molecule has 0 aliphatic carbocycles. The number of anilines is 1. The highest BCUT2D eigenvalue weighted by Crippen LogP contribution is 2.39. The van der Waals surface area contributed by atoms with E-state index in [-0.39, 0.29) is 34.8 Å². The third-order valence-electron chi connectivity index (χ3n) is 4.17. The normalized spacial score (nSPS) is 14.8. The van der Waals surface area contributed by atoms with E-state index in [9.17, 15) is 26.4 Å². The Labute approximate surface area is 148 Å². The molecule has 0 saturated carbocycles. The van der Waals surface area contributed by atoms with Gasteiger partial charge in [0, 0.05) is 24.7 Å². The van der Waals surface area contributed by atoms with Crippen LogP contribution in [-0.2, 0) is 22.4 Å². The Balaban J connectivity index is 2.11. The zero-order valence-corrected chi connectivity index (χ0v) is 14.6. The Kier molecular flexibility index (Phi) is 4.51. The first kappa shape index (κ1) is 18.4. The minimum Gasteiger partial charge on any atom is -0.307 e.